The van der Waals surface area contributed by atoms with Crippen molar-refractivity contribution in [1.82, 2.24) is 9.88 Å². The van der Waals surface area contributed by atoms with Gasteiger partial charge in [0.15, 0.2) is 0 Å². The van der Waals surface area contributed by atoms with Crippen molar-refractivity contribution in [1.29, 1.82) is 0 Å². The van der Waals surface area contributed by atoms with Gasteiger partial charge in [0.05, 0.1) is 15.2 Å². The number of thiazole rings is 1. The van der Waals surface area contributed by atoms with Crippen molar-refractivity contribution in [2.45, 2.75) is 19.8 Å². The zero-order valence-electron chi connectivity index (χ0n) is 11.9. The van der Waals surface area contributed by atoms with Gasteiger partial charge in [-0.25, -0.2) is 4.98 Å². The fourth-order valence-electron chi connectivity index (χ4n) is 2.44. The Kier molecular flexibility index (Phi) is 3.46. The lowest BCUT2D eigenvalue weighted by Crippen LogP contribution is -2.44. The van der Waals surface area contributed by atoms with Crippen LogP contribution in [0.3, 0.4) is 0 Å². The molecular weight excluding hydrogens is 254 g/mol. The number of rotatable bonds is 2. The van der Waals surface area contributed by atoms with Crippen LogP contribution < -0.4 is 4.90 Å². The molecular formula is C15H21N3S. The van der Waals surface area contributed by atoms with Crippen molar-refractivity contribution >= 4 is 27.2 Å². The Bertz CT molecular complexity index is 568. The minimum absolute atomic E-state index is 0.518. The van der Waals surface area contributed by atoms with Gasteiger partial charge in [0.25, 0.3) is 0 Å². The Morgan fingerprint density at radius 3 is 2.58 bits per heavy atom. The summed E-state index contributed by atoms with van der Waals surface area (Å²) < 4.78 is 1.32. The maximum Gasteiger partial charge on any atom is 0.0963 e. The predicted molar refractivity (Wildman–Crippen MR) is 83.4 cm³/mol. The first-order chi connectivity index (χ1) is 9.13. The van der Waals surface area contributed by atoms with Crippen molar-refractivity contribution in [2.24, 2.45) is 0 Å². The zero-order valence-corrected chi connectivity index (χ0v) is 12.7. The third-order valence-electron chi connectivity index (χ3n) is 3.75. The fourth-order valence-corrected chi connectivity index (χ4v) is 3.44. The molecule has 0 aliphatic carbocycles. The molecule has 0 bridgehead atoms. The van der Waals surface area contributed by atoms with E-state index in [1.165, 1.54) is 15.4 Å². The van der Waals surface area contributed by atoms with E-state index in [-0.39, 0.29) is 0 Å². The normalized spacial score (nSPS) is 17.6. The summed E-state index contributed by atoms with van der Waals surface area (Å²) in [6.07, 6.45) is 0. The molecule has 2 heterocycles. The summed E-state index contributed by atoms with van der Waals surface area (Å²) in [6, 6.07) is 6.70. The lowest BCUT2D eigenvalue weighted by molar-refractivity contribution is 0.313. The van der Waals surface area contributed by atoms with E-state index in [1.807, 2.05) is 11.3 Å². The molecule has 1 aliphatic heterocycles. The van der Waals surface area contributed by atoms with Crippen molar-refractivity contribution in [3.05, 3.63) is 23.2 Å². The molecule has 0 unspecified atom stereocenters. The Labute approximate surface area is 118 Å². The van der Waals surface area contributed by atoms with E-state index in [9.17, 15) is 0 Å². The number of aromatic nitrogens is 1. The maximum atomic E-state index is 4.70. The molecule has 3 nitrogen and oxygen atoms in total. The van der Waals surface area contributed by atoms with Crippen LogP contribution in [0.5, 0.6) is 0 Å². The molecule has 0 saturated carbocycles. The SMILES string of the molecule is CC(C)c1nc2ccc(N3CCN(C)CC3)cc2s1. The van der Waals surface area contributed by atoms with Crippen LogP contribution in [0, 0.1) is 0 Å². The van der Waals surface area contributed by atoms with E-state index in [4.69, 9.17) is 4.98 Å². The maximum absolute atomic E-state index is 4.70. The Hall–Kier alpha value is -1.13. The molecule has 1 aliphatic rings. The molecule has 19 heavy (non-hydrogen) atoms. The highest BCUT2D eigenvalue weighted by atomic mass is 32.1. The number of benzene rings is 1. The molecule has 102 valence electrons. The second-order valence-corrected chi connectivity index (χ2v) is 6.71. The van der Waals surface area contributed by atoms with Crippen LogP contribution in [-0.2, 0) is 0 Å². The van der Waals surface area contributed by atoms with Gasteiger partial charge in [-0.2, -0.15) is 0 Å². The van der Waals surface area contributed by atoms with Gasteiger partial charge < -0.3 is 9.80 Å². The number of nitrogens with zero attached hydrogens (tertiary/aromatic N) is 3. The van der Waals surface area contributed by atoms with Crippen molar-refractivity contribution in [3.63, 3.8) is 0 Å². The lowest BCUT2D eigenvalue weighted by Gasteiger charge is -2.34. The van der Waals surface area contributed by atoms with Crippen molar-refractivity contribution in [3.8, 4) is 0 Å². The summed E-state index contributed by atoms with van der Waals surface area (Å²) in [6.45, 7) is 8.96. The van der Waals surface area contributed by atoms with E-state index < -0.39 is 0 Å². The average molecular weight is 275 g/mol. The number of anilines is 1. The highest BCUT2D eigenvalue weighted by Gasteiger charge is 2.15. The quantitative estimate of drug-likeness (QED) is 0.839. The molecule has 4 heteroatoms. The minimum Gasteiger partial charge on any atom is -0.369 e. The van der Waals surface area contributed by atoms with Crippen LogP contribution in [0.2, 0.25) is 0 Å². The van der Waals surface area contributed by atoms with E-state index in [1.54, 1.807) is 0 Å². The molecule has 1 saturated heterocycles. The Morgan fingerprint density at radius 1 is 1.16 bits per heavy atom. The number of fused-ring (bicyclic) bond motifs is 1. The first-order valence-electron chi connectivity index (χ1n) is 6.97. The summed E-state index contributed by atoms with van der Waals surface area (Å²) in [4.78, 5) is 9.57. The zero-order chi connectivity index (χ0) is 13.4. The van der Waals surface area contributed by atoms with Gasteiger partial charge in [0.2, 0.25) is 0 Å². The molecule has 3 rings (SSSR count). The highest BCUT2D eigenvalue weighted by Crippen LogP contribution is 2.30. The molecule has 1 fully saturated rings. The third-order valence-corrected chi connectivity index (χ3v) is 5.07. The summed E-state index contributed by atoms with van der Waals surface area (Å²) in [5.41, 5.74) is 2.49. The molecule has 1 aromatic heterocycles. The fraction of sp³-hybridized carbons (Fsp3) is 0.533. The van der Waals surface area contributed by atoms with Gasteiger partial charge in [0.1, 0.15) is 0 Å². The van der Waals surface area contributed by atoms with Crippen LogP contribution in [-0.4, -0.2) is 43.1 Å². The second-order valence-electron chi connectivity index (χ2n) is 5.65. The van der Waals surface area contributed by atoms with Crippen molar-refractivity contribution in [2.75, 3.05) is 38.1 Å². The standard InChI is InChI=1S/C15H21N3S/c1-11(2)15-16-13-5-4-12(10-14(13)19-15)18-8-6-17(3)7-9-18/h4-5,10-11H,6-9H2,1-3H3. The largest absolute Gasteiger partial charge is 0.369 e. The van der Waals surface area contributed by atoms with Crippen LogP contribution >= 0.6 is 11.3 Å². The first-order valence-corrected chi connectivity index (χ1v) is 7.79. The number of hydrogen-bond acceptors (Lipinski definition) is 4. The third kappa shape index (κ3) is 2.60. The number of likely N-dealkylation sites (N-methyl/N-ethyl adjacent to an activating group) is 1. The second kappa shape index (κ2) is 5.10. The molecule has 0 spiro atoms. The van der Waals surface area contributed by atoms with Gasteiger partial charge in [0, 0.05) is 37.8 Å². The first kappa shape index (κ1) is 12.9. The summed E-state index contributed by atoms with van der Waals surface area (Å²) in [5.74, 6) is 0.518. The minimum atomic E-state index is 0.518. The lowest BCUT2D eigenvalue weighted by atomic mass is 10.2. The topological polar surface area (TPSA) is 19.4 Å². The predicted octanol–water partition coefficient (Wildman–Crippen LogP) is 3.17. The molecule has 0 atom stereocenters. The van der Waals surface area contributed by atoms with E-state index in [0.717, 1.165) is 31.7 Å². The van der Waals surface area contributed by atoms with Crippen LogP contribution in [0.1, 0.15) is 24.8 Å². The molecule has 0 radical (unpaired) electrons. The molecule has 2 aromatic rings. The van der Waals surface area contributed by atoms with Gasteiger partial charge in [-0.05, 0) is 25.2 Å². The summed E-state index contributed by atoms with van der Waals surface area (Å²) in [7, 11) is 2.19. The van der Waals surface area contributed by atoms with Gasteiger partial charge in [-0.15, -0.1) is 11.3 Å². The van der Waals surface area contributed by atoms with Gasteiger partial charge in [-0.3, -0.25) is 0 Å². The Balaban J connectivity index is 1.88. The summed E-state index contributed by atoms with van der Waals surface area (Å²) in [5, 5.41) is 1.24. The highest BCUT2D eigenvalue weighted by molar-refractivity contribution is 7.18. The molecule has 0 amide bonds. The average Bonchev–Trinajstić information content (AvgIpc) is 2.82. The monoisotopic (exact) mass is 275 g/mol. The smallest absolute Gasteiger partial charge is 0.0963 e. The number of hydrogen-bond donors (Lipinski definition) is 0. The molecule has 0 N–H and O–H groups in total. The number of piperazine rings is 1. The van der Waals surface area contributed by atoms with Crippen LogP contribution in [0.4, 0.5) is 5.69 Å². The van der Waals surface area contributed by atoms with Gasteiger partial charge >= 0.3 is 0 Å². The van der Waals surface area contributed by atoms with Crippen LogP contribution in [0.25, 0.3) is 10.2 Å². The van der Waals surface area contributed by atoms with Crippen LogP contribution in [0.15, 0.2) is 18.2 Å². The van der Waals surface area contributed by atoms with Crippen molar-refractivity contribution < 1.29 is 0 Å². The van der Waals surface area contributed by atoms with E-state index in [2.05, 4.69) is 48.9 Å². The van der Waals surface area contributed by atoms with E-state index >= 15 is 0 Å². The molecule has 1 aromatic carbocycles. The van der Waals surface area contributed by atoms with E-state index in [0.29, 0.717) is 5.92 Å². The van der Waals surface area contributed by atoms with Gasteiger partial charge in [-0.1, -0.05) is 13.8 Å². The summed E-state index contributed by atoms with van der Waals surface area (Å²) >= 11 is 1.84. The Morgan fingerprint density at radius 2 is 1.89 bits per heavy atom.